The largest absolute Gasteiger partial charge is 0.446 e. The van der Waals surface area contributed by atoms with Crippen LogP contribution in [0.25, 0.3) is 0 Å². The number of nitrogens with two attached hydrogens (primary N) is 1. The summed E-state index contributed by atoms with van der Waals surface area (Å²) in [4.78, 5) is 0. The standard InChI is InChI=1S/C8H10FNO4S/c1-2-5-3-6(9)7(10)4-8(5)14-15(11,12)13/h3-4H,2,10H2,1H3,(H,11,12,13). The minimum atomic E-state index is -4.62. The van der Waals surface area contributed by atoms with E-state index < -0.39 is 16.2 Å². The first-order valence-corrected chi connectivity index (χ1v) is 5.44. The van der Waals surface area contributed by atoms with Gasteiger partial charge >= 0.3 is 10.4 Å². The van der Waals surface area contributed by atoms with Crippen molar-refractivity contribution >= 4 is 16.1 Å². The maximum Gasteiger partial charge on any atom is 0.446 e. The molecule has 0 saturated carbocycles. The number of anilines is 1. The summed E-state index contributed by atoms with van der Waals surface area (Å²) in [6.07, 6.45) is 0.349. The lowest BCUT2D eigenvalue weighted by molar-refractivity contribution is 0.385. The van der Waals surface area contributed by atoms with Crippen LogP contribution in [0.4, 0.5) is 10.1 Å². The van der Waals surface area contributed by atoms with Crippen molar-refractivity contribution in [1.29, 1.82) is 0 Å². The first kappa shape index (κ1) is 11.7. The first-order valence-electron chi connectivity index (χ1n) is 4.08. The number of hydrogen-bond donors (Lipinski definition) is 2. The summed E-state index contributed by atoms with van der Waals surface area (Å²) in [6.45, 7) is 1.68. The van der Waals surface area contributed by atoms with Crippen molar-refractivity contribution in [2.45, 2.75) is 13.3 Å². The third-order valence-corrected chi connectivity index (χ3v) is 2.15. The zero-order chi connectivity index (χ0) is 11.6. The maximum atomic E-state index is 13.0. The van der Waals surface area contributed by atoms with Gasteiger partial charge in [-0.1, -0.05) is 6.92 Å². The Labute approximate surface area is 86.6 Å². The minimum Gasteiger partial charge on any atom is -0.396 e. The number of hydrogen-bond acceptors (Lipinski definition) is 4. The Bertz CT molecular complexity index is 472. The molecule has 0 aliphatic carbocycles. The van der Waals surface area contributed by atoms with Crippen LogP contribution in [0.3, 0.4) is 0 Å². The molecule has 1 rings (SSSR count). The van der Waals surface area contributed by atoms with Gasteiger partial charge in [0.15, 0.2) is 0 Å². The van der Waals surface area contributed by atoms with Crippen molar-refractivity contribution in [3.8, 4) is 5.75 Å². The lowest BCUT2D eigenvalue weighted by Crippen LogP contribution is -2.09. The van der Waals surface area contributed by atoms with Gasteiger partial charge in [-0.05, 0) is 18.1 Å². The number of halogens is 1. The second kappa shape index (κ2) is 4.03. The molecule has 0 amide bonds. The Morgan fingerprint density at radius 3 is 2.60 bits per heavy atom. The highest BCUT2D eigenvalue weighted by atomic mass is 32.3. The van der Waals surface area contributed by atoms with Gasteiger partial charge in [0.2, 0.25) is 0 Å². The quantitative estimate of drug-likeness (QED) is 0.606. The molecule has 0 aliphatic rings. The average Bonchev–Trinajstić information content (AvgIpc) is 2.08. The van der Waals surface area contributed by atoms with Gasteiger partial charge in [0.25, 0.3) is 0 Å². The van der Waals surface area contributed by atoms with E-state index in [0.29, 0.717) is 12.0 Å². The van der Waals surface area contributed by atoms with E-state index in [1.165, 1.54) is 0 Å². The van der Waals surface area contributed by atoms with Crippen molar-refractivity contribution in [2.75, 3.05) is 5.73 Å². The molecule has 0 spiro atoms. The van der Waals surface area contributed by atoms with E-state index >= 15 is 0 Å². The lowest BCUT2D eigenvalue weighted by Gasteiger charge is -2.08. The molecule has 0 bridgehead atoms. The van der Waals surface area contributed by atoms with Crippen molar-refractivity contribution in [3.05, 3.63) is 23.5 Å². The van der Waals surface area contributed by atoms with E-state index in [0.717, 1.165) is 12.1 Å². The third-order valence-electron chi connectivity index (χ3n) is 1.76. The first-order chi connectivity index (χ1) is 6.83. The molecule has 0 atom stereocenters. The number of benzene rings is 1. The summed E-state index contributed by atoms with van der Waals surface area (Å²) in [5.74, 6) is -0.826. The maximum absolute atomic E-state index is 13.0. The molecule has 0 saturated heterocycles. The molecular weight excluding hydrogens is 225 g/mol. The van der Waals surface area contributed by atoms with Gasteiger partial charge in [-0.2, -0.15) is 8.42 Å². The van der Waals surface area contributed by atoms with E-state index in [4.69, 9.17) is 10.3 Å². The summed E-state index contributed by atoms with van der Waals surface area (Å²) in [7, 11) is -4.62. The minimum absolute atomic E-state index is 0.168. The number of nitrogen functional groups attached to an aromatic ring is 1. The smallest absolute Gasteiger partial charge is 0.396 e. The molecule has 5 nitrogen and oxygen atoms in total. The van der Waals surface area contributed by atoms with Crippen LogP contribution in [0.2, 0.25) is 0 Å². The van der Waals surface area contributed by atoms with Crippen LogP contribution in [-0.2, 0) is 16.8 Å². The molecule has 0 heterocycles. The fourth-order valence-electron chi connectivity index (χ4n) is 1.08. The topological polar surface area (TPSA) is 89.6 Å². The molecule has 0 aromatic heterocycles. The van der Waals surface area contributed by atoms with Crippen LogP contribution in [-0.4, -0.2) is 13.0 Å². The number of aryl methyl sites for hydroxylation is 1. The number of rotatable bonds is 3. The van der Waals surface area contributed by atoms with Gasteiger partial charge in [-0.3, -0.25) is 4.55 Å². The van der Waals surface area contributed by atoms with Crippen LogP contribution in [0, 0.1) is 5.82 Å². The molecule has 0 radical (unpaired) electrons. The third kappa shape index (κ3) is 3.07. The normalized spacial score (nSPS) is 11.4. The molecule has 84 valence electrons. The fraction of sp³-hybridized carbons (Fsp3) is 0.250. The van der Waals surface area contributed by atoms with Gasteiger partial charge in [0, 0.05) is 6.07 Å². The van der Waals surface area contributed by atoms with E-state index in [1.54, 1.807) is 6.92 Å². The summed E-state index contributed by atoms with van der Waals surface area (Å²) in [5.41, 5.74) is 5.29. The van der Waals surface area contributed by atoms with E-state index in [9.17, 15) is 12.8 Å². The molecule has 0 unspecified atom stereocenters. The van der Waals surface area contributed by atoms with Gasteiger partial charge in [-0.25, -0.2) is 4.39 Å². The Morgan fingerprint density at radius 2 is 2.13 bits per heavy atom. The summed E-state index contributed by atoms with van der Waals surface area (Å²) in [5, 5.41) is 0. The van der Waals surface area contributed by atoms with Crippen LogP contribution in [0.1, 0.15) is 12.5 Å². The zero-order valence-electron chi connectivity index (χ0n) is 7.90. The van der Waals surface area contributed by atoms with Crippen molar-refractivity contribution < 1.29 is 21.5 Å². The second-order valence-electron chi connectivity index (χ2n) is 2.85. The molecule has 7 heteroatoms. The predicted octanol–water partition coefficient (Wildman–Crippen LogP) is 1.15. The predicted molar refractivity (Wildman–Crippen MR) is 52.4 cm³/mol. The lowest BCUT2D eigenvalue weighted by atomic mass is 10.1. The Hall–Kier alpha value is -1.34. The second-order valence-corrected chi connectivity index (χ2v) is 3.87. The molecule has 3 N–H and O–H groups in total. The summed E-state index contributed by atoms with van der Waals surface area (Å²) < 4.78 is 46.6. The van der Waals surface area contributed by atoms with E-state index in [2.05, 4.69) is 4.18 Å². The Kier molecular flexibility index (Phi) is 3.15. The van der Waals surface area contributed by atoms with Crippen molar-refractivity contribution in [1.82, 2.24) is 0 Å². The van der Waals surface area contributed by atoms with E-state index in [1.807, 2.05) is 0 Å². The highest BCUT2D eigenvalue weighted by Crippen LogP contribution is 2.26. The Balaban J connectivity index is 3.22. The van der Waals surface area contributed by atoms with Crippen LogP contribution < -0.4 is 9.92 Å². The van der Waals surface area contributed by atoms with Crippen LogP contribution >= 0.6 is 0 Å². The monoisotopic (exact) mass is 235 g/mol. The molecule has 1 aromatic rings. The van der Waals surface area contributed by atoms with Crippen molar-refractivity contribution in [3.63, 3.8) is 0 Å². The SMILES string of the molecule is CCc1cc(F)c(N)cc1OS(=O)(=O)O. The molecule has 0 fully saturated rings. The van der Waals surface area contributed by atoms with Crippen LogP contribution in [0.5, 0.6) is 5.75 Å². The zero-order valence-corrected chi connectivity index (χ0v) is 8.71. The molecule has 15 heavy (non-hydrogen) atoms. The highest BCUT2D eigenvalue weighted by molar-refractivity contribution is 7.81. The molecule has 1 aromatic carbocycles. The summed E-state index contributed by atoms with van der Waals surface area (Å²) >= 11 is 0. The summed E-state index contributed by atoms with van der Waals surface area (Å²) in [6, 6.07) is 2.08. The average molecular weight is 235 g/mol. The van der Waals surface area contributed by atoms with Gasteiger partial charge in [-0.15, -0.1) is 0 Å². The fourth-order valence-corrected chi connectivity index (χ4v) is 1.46. The molecule has 0 aliphatic heterocycles. The van der Waals surface area contributed by atoms with Crippen LogP contribution in [0.15, 0.2) is 12.1 Å². The van der Waals surface area contributed by atoms with Gasteiger partial charge in [0.1, 0.15) is 11.6 Å². The highest BCUT2D eigenvalue weighted by Gasteiger charge is 2.13. The van der Waals surface area contributed by atoms with Gasteiger partial charge < -0.3 is 9.92 Å². The van der Waals surface area contributed by atoms with Crippen molar-refractivity contribution in [2.24, 2.45) is 0 Å². The molecular formula is C8H10FNO4S. The van der Waals surface area contributed by atoms with Gasteiger partial charge in [0.05, 0.1) is 5.69 Å². The van der Waals surface area contributed by atoms with E-state index in [-0.39, 0.29) is 11.4 Å². The Morgan fingerprint density at radius 1 is 1.53 bits per heavy atom.